The molecule has 0 aromatic heterocycles. The highest BCUT2D eigenvalue weighted by Crippen LogP contribution is 2.37. The Balaban J connectivity index is 2.92. The maximum absolute atomic E-state index is 11.7. The second kappa shape index (κ2) is 3.92. The van der Waals surface area contributed by atoms with E-state index < -0.39 is 7.59 Å². The lowest BCUT2D eigenvalue weighted by Gasteiger charge is -2.25. The summed E-state index contributed by atoms with van der Waals surface area (Å²) in [6.07, 6.45) is 0. The minimum atomic E-state index is -2.90. The topological polar surface area (TPSA) is 58.4 Å². The third kappa shape index (κ3) is 2.31. The Labute approximate surface area is 78.3 Å². The Morgan fingerprint density at radius 3 is 2.38 bits per heavy atom. The zero-order valence-electron chi connectivity index (χ0n) is 7.77. The molecule has 1 atom stereocenters. The van der Waals surface area contributed by atoms with Crippen molar-refractivity contribution in [1.82, 2.24) is 5.09 Å². The molecule has 0 saturated carbocycles. The van der Waals surface area contributed by atoms with Crippen molar-refractivity contribution in [2.45, 2.75) is 0 Å². The lowest BCUT2D eigenvalue weighted by molar-refractivity contribution is 0.568. The summed E-state index contributed by atoms with van der Waals surface area (Å²) < 4.78 is 13.2. The van der Waals surface area contributed by atoms with E-state index in [1.54, 1.807) is 18.8 Å². The van der Waals surface area contributed by atoms with Crippen molar-refractivity contribution in [3.05, 3.63) is 30.3 Å². The fourth-order valence-corrected chi connectivity index (χ4v) is 1.74. The lowest BCUT2D eigenvalue weighted by atomic mass is 10.3. The molecule has 1 aromatic rings. The molecule has 0 aliphatic carbocycles. The Bertz CT molecular complexity index is 314. The van der Waals surface area contributed by atoms with Crippen LogP contribution in [0.3, 0.4) is 0 Å². The van der Waals surface area contributed by atoms with E-state index in [0.717, 1.165) is 5.69 Å². The Kier molecular flexibility index (Phi) is 3.09. The van der Waals surface area contributed by atoms with E-state index in [2.05, 4.69) is 5.09 Å². The van der Waals surface area contributed by atoms with Crippen molar-refractivity contribution >= 4 is 13.3 Å². The molecule has 0 heterocycles. The summed E-state index contributed by atoms with van der Waals surface area (Å²) in [6.45, 7) is 0. The van der Waals surface area contributed by atoms with E-state index >= 15 is 0 Å². The number of hydrogen-bond acceptors (Lipinski definition) is 1. The van der Waals surface area contributed by atoms with Crippen molar-refractivity contribution in [2.75, 3.05) is 18.8 Å². The molecular weight excluding hydrogens is 185 g/mol. The molecule has 1 aromatic carbocycles. The summed E-state index contributed by atoms with van der Waals surface area (Å²) in [6, 6.07) is 9.37. The molecule has 0 bridgehead atoms. The predicted octanol–water partition coefficient (Wildman–Crippen LogP) is 1.41. The van der Waals surface area contributed by atoms with Crippen LogP contribution in [0.5, 0.6) is 0 Å². The highest BCUT2D eigenvalue weighted by molar-refractivity contribution is 7.61. The van der Waals surface area contributed by atoms with Gasteiger partial charge in [0, 0.05) is 12.7 Å². The highest BCUT2D eigenvalue weighted by atomic mass is 31.2. The van der Waals surface area contributed by atoms with E-state index in [9.17, 15) is 4.57 Å². The van der Waals surface area contributed by atoms with Gasteiger partial charge in [-0.3, -0.25) is 10.1 Å². The van der Waals surface area contributed by atoms with Gasteiger partial charge in [0.15, 0.2) is 0 Å². The van der Waals surface area contributed by atoms with Crippen LogP contribution in [0.15, 0.2) is 30.3 Å². The second-order valence-corrected chi connectivity index (χ2v) is 5.00. The number of benzene rings is 1. The first-order chi connectivity index (χ1) is 6.08. The largest absolute Gasteiger partial charge is 0.303 e. The molecule has 0 fully saturated rings. The molecule has 4 nitrogen and oxygen atoms in total. The summed E-state index contributed by atoms with van der Waals surface area (Å²) in [5.41, 5.74) is 6.40. The molecular formula is C8H14N3OP. The number of nitrogens with two attached hydrogens (primary N) is 1. The second-order valence-electron chi connectivity index (χ2n) is 2.71. The van der Waals surface area contributed by atoms with Crippen LogP contribution in [0.1, 0.15) is 0 Å². The van der Waals surface area contributed by atoms with Crippen LogP contribution in [-0.4, -0.2) is 14.1 Å². The molecule has 0 spiro atoms. The molecule has 0 saturated heterocycles. The third-order valence-corrected chi connectivity index (χ3v) is 3.66. The van der Waals surface area contributed by atoms with Crippen LogP contribution in [-0.2, 0) is 4.57 Å². The van der Waals surface area contributed by atoms with Gasteiger partial charge >= 0.3 is 7.59 Å². The SMILES string of the molecule is CNP(N)(=O)N(C)c1ccccc1. The standard InChI is InChI=1S/C8H14N3OP/c1-10-13(9,12)11(2)8-6-4-3-5-7-8/h3-7H,1-2H3,(H3,9,10,12). The summed E-state index contributed by atoms with van der Waals surface area (Å²) in [5, 5.41) is 2.60. The van der Waals surface area contributed by atoms with E-state index in [1.165, 1.54) is 0 Å². The number of para-hydroxylation sites is 1. The normalized spacial score (nSPS) is 15.0. The fourth-order valence-electron chi connectivity index (χ4n) is 0.965. The number of hydrogen-bond donors (Lipinski definition) is 2. The molecule has 3 N–H and O–H groups in total. The van der Waals surface area contributed by atoms with E-state index in [0.29, 0.717) is 0 Å². The fraction of sp³-hybridized carbons (Fsp3) is 0.250. The molecule has 5 heteroatoms. The van der Waals surface area contributed by atoms with Gasteiger partial charge in [0.2, 0.25) is 0 Å². The first-order valence-electron chi connectivity index (χ1n) is 3.95. The Hall–Kier alpha value is -0.830. The van der Waals surface area contributed by atoms with Crippen LogP contribution in [0.25, 0.3) is 0 Å². The maximum atomic E-state index is 11.7. The monoisotopic (exact) mass is 199 g/mol. The number of nitrogens with zero attached hydrogens (tertiary/aromatic N) is 1. The quantitative estimate of drug-likeness (QED) is 0.722. The van der Waals surface area contributed by atoms with Crippen molar-refractivity contribution in [1.29, 1.82) is 0 Å². The van der Waals surface area contributed by atoms with Gasteiger partial charge in [-0.25, -0.2) is 5.09 Å². The molecule has 1 unspecified atom stereocenters. The summed E-state index contributed by atoms with van der Waals surface area (Å²) >= 11 is 0. The first-order valence-corrected chi connectivity index (χ1v) is 5.67. The number of nitrogens with one attached hydrogen (secondary N) is 1. The average molecular weight is 199 g/mol. The smallest absolute Gasteiger partial charge is 0.302 e. The molecule has 0 radical (unpaired) electrons. The molecule has 0 amide bonds. The van der Waals surface area contributed by atoms with Gasteiger partial charge in [0.05, 0.1) is 0 Å². The van der Waals surface area contributed by atoms with Crippen LogP contribution in [0.2, 0.25) is 0 Å². The van der Waals surface area contributed by atoms with Gasteiger partial charge in [-0.05, 0) is 19.2 Å². The van der Waals surface area contributed by atoms with Crippen molar-refractivity contribution in [2.24, 2.45) is 5.50 Å². The minimum Gasteiger partial charge on any atom is -0.303 e. The average Bonchev–Trinajstić information content (AvgIpc) is 2.18. The summed E-state index contributed by atoms with van der Waals surface area (Å²) in [7, 11) is 0.382. The van der Waals surface area contributed by atoms with Gasteiger partial charge in [-0.15, -0.1) is 0 Å². The van der Waals surface area contributed by atoms with E-state index in [1.807, 2.05) is 30.3 Å². The zero-order valence-corrected chi connectivity index (χ0v) is 8.66. The summed E-state index contributed by atoms with van der Waals surface area (Å²) in [5.74, 6) is 0. The first kappa shape index (κ1) is 10.3. The molecule has 0 aliphatic heterocycles. The predicted molar refractivity (Wildman–Crippen MR) is 55.7 cm³/mol. The van der Waals surface area contributed by atoms with Gasteiger partial charge in [-0.2, -0.15) is 0 Å². The Morgan fingerprint density at radius 1 is 1.38 bits per heavy atom. The molecule has 1 rings (SSSR count). The van der Waals surface area contributed by atoms with Gasteiger partial charge in [-0.1, -0.05) is 18.2 Å². The number of anilines is 1. The van der Waals surface area contributed by atoms with Gasteiger partial charge in [0.1, 0.15) is 0 Å². The third-order valence-electron chi connectivity index (χ3n) is 1.90. The molecule has 72 valence electrons. The van der Waals surface area contributed by atoms with Crippen molar-refractivity contribution in [3.8, 4) is 0 Å². The molecule has 0 aliphatic rings. The van der Waals surface area contributed by atoms with Crippen LogP contribution < -0.4 is 15.3 Å². The van der Waals surface area contributed by atoms with E-state index in [-0.39, 0.29) is 0 Å². The van der Waals surface area contributed by atoms with Crippen molar-refractivity contribution < 1.29 is 4.57 Å². The van der Waals surface area contributed by atoms with Crippen LogP contribution >= 0.6 is 7.59 Å². The van der Waals surface area contributed by atoms with Gasteiger partial charge < -0.3 is 4.67 Å². The minimum absolute atomic E-state index is 0.836. The molecule has 13 heavy (non-hydrogen) atoms. The van der Waals surface area contributed by atoms with Crippen LogP contribution in [0.4, 0.5) is 5.69 Å². The summed E-state index contributed by atoms with van der Waals surface area (Å²) in [4.78, 5) is 0. The maximum Gasteiger partial charge on any atom is 0.302 e. The number of rotatable bonds is 3. The Morgan fingerprint density at radius 2 is 1.92 bits per heavy atom. The van der Waals surface area contributed by atoms with Crippen LogP contribution in [0, 0.1) is 0 Å². The lowest BCUT2D eigenvalue weighted by Crippen LogP contribution is -2.27. The zero-order chi connectivity index (χ0) is 9.90. The van der Waals surface area contributed by atoms with E-state index in [4.69, 9.17) is 5.50 Å². The highest BCUT2D eigenvalue weighted by Gasteiger charge is 2.19. The van der Waals surface area contributed by atoms with Gasteiger partial charge in [0.25, 0.3) is 0 Å². The van der Waals surface area contributed by atoms with Crippen molar-refractivity contribution in [3.63, 3.8) is 0 Å².